The molecule has 0 spiro atoms. The molecular formula is C12H13FN2O. The lowest BCUT2D eigenvalue weighted by Crippen LogP contribution is -2.23. The second-order valence-electron chi connectivity index (χ2n) is 3.83. The Hall–Kier alpha value is -1.60. The molecule has 1 fully saturated rings. The van der Waals surface area contributed by atoms with E-state index in [-0.39, 0.29) is 5.75 Å². The van der Waals surface area contributed by atoms with Gasteiger partial charge in [-0.25, -0.2) is 4.39 Å². The van der Waals surface area contributed by atoms with Gasteiger partial charge in [0.05, 0.1) is 11.6 Å². The van der Waals surface area contributed by atoms with Crippen LogP contribution >= 0.6 is 0 Å². The molecule has 0 bridgehead atoms. The molecule has 1 aliphatic carbocycles. The lowest BCUT2D eigenvalue weighted by atomic mass is 10.2. The Morgan fingerprint density at radius 3 is 2.94 bits per heavy atom. The minimum Gasteiger partial charge on any atom is -0.489 e. The van der Waals surface area contributed by atoms with Crippen molar-refractivity contribution >= 4 is 0 Å². The summed E-state index contributed by atoms with van der Waals surface area (Å²) in [5, 5.41) is 11.8. The van der Waals surface area contributed by atoms with Gasteiger partial charge in [0.25, 0.3) is 0 Å². The molecule has 0 aromatic heterocycles. The molecule has 1 aromatic rings. The summed E-state index contributed by atoms with van der Waals surface area (Å²) in [6.07, 6.45) is 2.45. The average Bonchev–Trinajstić information content (AvgIpc) is 3.10. The van der Waals surface area contributed by atoms with Crippen LogP contribution in [-0.2, 0) is 0 Å². The van der Waals surface area contributed by atoms with Gasteiger partial charge >= 0.3 is 0 Å². The third-order valence-electron chi connectivity index (χ3n) is 2.43. The van der Waals surface area contributed by atoms with Crippen LogP contribution in [0.1, 0.15) is 18.4 Å². The van der Waals surface area contributed by atoms with Crippen molar-refractivity contribution in [3.8, 4) is 11.8 Å². The van der Waals surface area contributed by atoms with E-state index in [0.29, 0.717) is 18.2 Å². The highest BCUT2D eigenvalue weighted by atomic mass is 19.1. The van der Waals surface area contributed by atoms with Crippen LogP contribution in [0.25, 0.3) is 0 Å². The van der Waals surface area contributed by atoms with Crippen molar-refractivity contribution in [3.05, 3.63) is 29.6 Å². The molecule has 0 radical (unpaired) electrons. The molecule has 0 heterocycles. The smallest absolute Gasteiger partial charge is 0.166 e. The van der Waals surface area contributed by atoms with Crippen LogP contribution in [0.15, 0.2) is 18.2 Å². The van der Waals surface area contributed by atoms with Crippen molar-refractivity contribution in [1.29, 1.82) is 5.26 Å². The summed E-state index contributed by atoms with van der Waals surface area (Å²) < 4.78 is 18.6. The summed E-state index contributed by atoms with van der Waals surface area (Å²) in [5.41, 5.74) is 0.306. The minimum atomic E-state index is -0.481. The number of benzene rings is 1. The lowest BCUT2D eigenvalue weighted by molar-refractivity contribution is 0.298. The molecule has 0 aliphatic heterocycles. The Kier molecular flexibility index (Phi) is 3.37. The third kappa shape index (κ3) is 2.94. The van der Waals surface area contributed by atoms with E-state index in [1.54, 1.807) is 6.07 Å². The Morgan fingerprint density at radius 2 is 2.31 bits per heavy atom. The maximum absolute atomic E-state index is 13.3. The normalized spacial score (nSPS) is 14.5. The van der Waals surface area contributed by atoms with E-state index in [1.807, 2.05) is 6.07 Å². The van der Waals surface area contributed by atoms with Gasteiger partial charge < -0.3 is 10.1 Å². The zero-order valence-corrected chi connectivity index (χ0v) is 8.87. The van der Waals surface area contributed by atoms with E-state index in [2.05, 4.69) is 5.32 Å². The minimum absolute atomic E-state index is 0.205. The molecule has 0 atom stereocenters. The summed E-state index contributed by atoms with van der Waals surface area (Å²) in [4.78, 5) is 0. The van der Waals surface area contributed by atoms with Crippen LogP contribution < -0.4 is 10.1 Å². The first-order valence-electron chi connectivity index (χ1n) is 5.35. The predicted molar refractivity (Wildman–Crippen MR) is 57.6 cm³/mol. The van der Waals surface area contributed by atoms with E-state index in [0.717, 1.165) is 6.54 Å². The van der Waals surface area contributed by atoms with E-state index in [4.69, 9.17) is 10.00 Å². The van der Waals surface area contributed by atoms with Crippen LogP contribution in [0.2, 0.25) is 0 Å². The summed E-state index contributed by atoms with van der Waals surface area (Å²) in [6.45, 7) is 1.17. The highest BCUT2D eigenvalue weighted by molar-refractivity contribution is 5.35. The second-order valence-corrected chi connectivity index (χ2v) is 3.83. The molecule has 0 unspecified atom stereocenters. The number of halogens is 1. The largest absolute Gasteiger partial charge is 0.489 e. The molecule has 1 aromatic carbocycles. The van der Waals surface area contributed by atoms with Crippen molar-refractivity contribution in [2.45, 2.75) is 18.9 Å². The quantitative estimate of drug-likeness (QED) is 0.770. The van der Waals surface area contributed by atoms with E-state index < -0.39 is 5.82 Å². The number of ether oxygens (including phenoxy) is 1. The van der Waals surface area contributed by atoms with Gasteiger partial charge in [0.15, 0.2) is 11.6 Å². The first-order valence-corrected chi connectivity index (χ1v) is 5.35. The van der Waals surface area contributed by atoms with Crippen molar-refractivity contribution < 1.29 is 9.13 Å². The number of nitrogens with zero attached hydrogens (tertiary/aromatic N) is 1. The lowest BCUT2D eigenvalue weighted by Gasteiger charge is -2.07. The third-order valence-corrected chi connectivity index (χ3v) is 2.43. The molecule has 1 saturated carbocycles. The van der Waals surface area contributed by atoms with Gasteiger partial charge in [-0.3, -0.25) is 0 Å². The van der Waals surface area contributed by atoms with Gasteiger partial charge in [0.2, 0.25) is 0 Å². The number of nitrogens with one attached hydrogen (secondary N) is 1. The maximum Gasteiger partial charge on any atom is 0.166 e. The molecule has 0 saturated heterocycles. The predicted octanol–water partition coefficient (Wildman–Crippen LogP) is 1.83. The molecule has 2 rings (SSSR count). The fourth-order valence-corrected chi connectivity index (χ4v) is 1.40. The second kappa shape index (κ2) is 4.95. The first-order chi connectivity index (χ1) is 7.79. The van der Waals surface area contributed by atoms with Crippen molar-refractivity contribution in [1.82, 2.24) is 5.32 Å². The number of hydrogen-bond acceptors (Lipinski definition) is 3. The van der Waals surface area contributed by atoms with Gasteiger partial charge in [0.1, 0.15) is 6.61 Å². The molecule has 1 aliphatic rings. The fraction of sp³-hybridized carbons (Fsp3) is 0.417. The molecule has 4 heteroatoms. The van der Waals surface area contributed by atoms with E-state index in [1.165, 1.54) is 25.0 Å². The SMILES string of the molecule is N#Cc1ccc(OCCNC2CC2)c(F)c1. The summed E-state index contributed by atoms with van der Waals surface area (Å²) >= 11 is 0. The zero-order valence-electron chi connectivity index (χ0n) is 8.87. The van der Waals surface area contributed by atoms with Gasteiger partial charge in [-0.15, -0.1) is 0 Å². The zero-order chi connectivity index (χ0) is 11.4. The number of rotatable bonds is 5. The van der Waals surface area contributed by atoms with Crippen LogP contribution in [0.3, 0.4) is 0 Å². The van der Waals surface area contributed by atoms with Crippen LogP contribution in [-0.4, -0.2) is 19.2 Å². The monoisotopic (exact) mass is 220 g/mol. The topological polar surface area (TPSA) is 45.0 Å². The summed E-state index contributed by atoms with van der Waals surface area (Å²) in [6, 6.07) is 6.73. The van der Waals surface area contributed by atoms with Crippen molar-refractivity contribution in [2.75, 3.05) is 13.2 Å². The van der Waals surface area contributed by atoms with Crippen LogP contribution in [0, 0.1) is 17.1 Å². The van der Waals surface area contributed by atoms with Gasteiger partial charge in [-0.05, 0) is 31.0 Å². The Balaban J connectivity index is 1.81. The number of hydrogen-bond donors (Lipinski definition) is 1. The first kappa shape index (κ1) is 10.9. The molecule has 0 amide bonds. The Labute approximate surface area is 93.8 Å². The van der Waals surface area contributed by atoms with Crippen LogP contribution in [0.4, 0.5) is 4.39 Å². The van der Waals surface area contributed by atoms with Crippen LogP contribution in [0.5, 0.6) is 5.75 Å². The van der Waals surface area contributed by atoms with Crippen molar-refractivity contribution in [2.24, 2.45) is 0 Å². The standard InChI is InChI=1S/C12H13FN2O/c13-11-7-9(8-14)1-4-12(11)16-6-5-15-10-2-3-10/h1,4,7,10,15H,2-3,5-6H2. The molecule has 1 N–H and O–H groups in total. The number of nitriles is 1. The maximum atomic E-state index is 13.3. The van der Waals surface area contributed by atoms with Crippen molar-refractivity contribution in [3.63, 3.8) is 0 Å². The molecule has 16 heavy (non-hydrogen) atoms. The molecular weight excluding hydrogens is 207 g/mol. The summed E-state index contributed by atoms with van der Waals surface area (Å²) in [5.74, 6) is -0.276. The Bertz CT molecular complexity index is 410. The highest BCUT2D eigenvalue weighted by Crippen LogP contribution is 2.19. The average molecular weight is 220 g/mol. The fourth-order valence-electron chi connectivity index (χ4n) is 1.40. The Morgan fingerprint density at radius 1 is 1.50 bits per heavy atom. The van der Waals surface area contributed by atoms with Gasteiger partial charge in [-0.2, -0.15) is 5.26 Å². The van der Waals surface area contributed by atoms with Gasteiger partial charge in [-0.1, -0.05) is 0 Å². The van der Waals surface area contributed by atoms with E-state index >= 15 is 0 Å². The summed E-state index contributed by atoms with van der Waals surface area (Å²) in [7, 11) is 0. The molecule has 3 nitrogen and oxygen atoms in total. The van der Waals surface area contributed by atoms with Gasteiger partial charge in [0, 0.05) is 12.6 Å². The van der Waals surface area contributed by atoms with E-state index in [9.17, 15) is 4.39 Å². The highest BCUT2D eigenvalue weighted by Gasteiger charge is 2.19. The molecule has 84 valence electrons.